The first-order valence-corrected chi connectivity index (χ1v) is 9.48. The van der Waals surface area contributed by atoms with Crippen LogP contribution in [0.1, 0.15) is 48.0 Å². The second-order valence-corrected chi connectivity index (χ2v) is 6.96. The molecule has 0 bridgehead atoms. The highest BCUT2D eigenvalue weighted by molar-refractivity contribution is 5.97. The fourth-order valence-electron chi connectivity index (χ4n) is 3.39. The molecule has 0 aromatic heterocycles. The molecule has 0 spiro atoms. The minimum absolute atomic E-state index is 0.0758. The number of nitrogens with one attached hydrogen (secondary N) is 2. The summed E-state index contributed by atoms with van der Waals surface area (Å²) in [5.74, 6) is 0.564. The zero-order valence-corrected chi connectivity index (χ0v) is 15.7. The van der Waals surface area contributed by atoms with E-state index in [0.717, 1.165) is 24.2 Å². The first-order chi connectivity index (χ1) is 13.1. The lowest BCUT2D eigenvalue weighted by atomic mass is 9.95. The topological polar surface area (TPSA) is 67.4 Å². The van der Waals surface area contributed by atoms with E-state index in [4.69, 9.17) is 4.74 Å². The third-order valence-electron chi connectivity index (χ3n) is 4.87. The standard InChI is InChI=1S/C22H26N2O3/c1-27-20-12-10-16(11-13-20)14-21(25)23-19-9-5-6-17(15-19)22(26)24-18-7-3-2-4-8-18/h5-6,9-13,15,18H,2-4,7-8,14H2,1H3,(H,23,25)(H,24,26). The smallest absolute Gasteiger partial charge is 0.251 e. The molecule has 142 valence electrons. The van der Waals surface area contributed by atoms with Gasteiger partial charge in [0.05, 0.1) is 13.5 Å². The van der Waals surface area contributed by atoms with Crippen molar-refractivity contribution in [3.05, 3.63) is 59.7 Å². The molecule has 0 aliphatic heterocycles. The number of methoxy groups -OCH3 is 1. The Hall–Kier alpha value is -2.82. The average molecular weight is 366 g/mol. The van der Waals surface area contributed by atoms with Gasteiger partial charge in [-0.05, 0) is 48.7 Å². The molecule has 1 aliphatic carbocycles. The Labute approximate surface area is 160 Å². The minimum Gasteiger partial charge on any atom is -0.497 e. The highest BCUT2D eigenvalue weighted by Crippen LogP contribution is 2.19. The molecule has 0 unspecified atom stereocenters. The molecule has 1 aliphatic rings. The molecule has 3 rings (SSSR count). The van der Waals surface area contributed by atoms with Crippen LogP contribution in [0.4, 0.5) is 5.69 Å². The minimum atomic E-state index is -0.120. The average Bonchev–Trinajstić information content (AvgIpc) is 2.69. The molecule has 2 aromatic rings. The van der Waals surface area contributed by atoms with Gasteiger partial charge in [-0.1, -0.05) is 37.5 Å². The second-order valence-electron chi connectivity index (χ2n) is 6.96. The first kappa shape index (κ1) is 19.0. The van der Waals surface area contributed by atoms with Crippen molar-refractivity contribution in [2.24, 2.45) is 0 Å². The Bertz CT molecular complexity index is 780. The van der Waals surface area contributed by atoms with Gasteiger partial charge in [0, 0.05) is 17.3 Å². The van der Waals surface area contributed by atoms with E-state index in [1.54, 1.807) is 31.4 Å². The van der Waals surface area contributed by atoms with Crippen LogP contribution < -0.4 is 15.4 Å². The van der Waals surface area contributed by atoms with Crippen LogP contribution in [-0.2, 0) is 11.2 Å². The normalized spacial score (nSPS) is 14.4. The van der Waals surface area contributed by atoms with Crippen LogP contribution in [0.5, 0.6) is 5.75 Å². The van der Waals surface area contributed by atoms with Crippen molar-refractivity contribution < 1.29 is 14.3 Å². The molecular formula is C22H26N2O3. The van der Waals surface area contributed by atoms with Crippen LogP contribution in [0.15, 0.2) is 48.5 Å². The van der Waals surface area contributed by atoms with E-state index in [-0.39, 0.29) is 24.3 Å². The van der Waals surface area contributed by atoms with Crippen LogP contribution in [0, 0.1) is 0 Å². The highest BCUT2D eigenvalue weighted by atomic mass is 16.5. The fourth-order valence-corrected chi connectivity index (χ4v) is 3.39. The number of ether oxygens (including phenoxy) is 1. The van der Waals surface area contributed by atoms with Crippen LogP contribution in [0.25, 0.3) is 0 Å². The summed E-state index contributed by atoms with van der Waals surface area (Å²) in [6.07, 6.45) is 5.96. The van der Waals surface area contributed by atoms with E-state index in [2.05, 4.69) is 10.6 Å². The molecule has 5 nitrogen and oxygen atoms in total. The Morgan fingerprint density at radius 3 is 2.48 bits per heavy atom. The largest absolute Gasteiger partial charge is 0.497 e. The fraction of sp³-hybridized carbons (Fsp3) is 0.364. The quantitative estimate of drug-likeness (QED) is 0.814. The molecule has 2 aromatic carbocycles. The zero-order valence-electron chi connectivity index (χ0n) is 15.7. The molecule has 2 N–H and O–H groups in total. The molecule has 0 heterocycles. The van der Waals surface area contributed by atoms with Gasteiger partial charge >= 0.3 is 0 Å². The number of rotatable bonds is 6. The maximum absolute atomic E-state index is 12.5. The van der Waals surface area contributed by atoms with Crippen molar-refractivity contribution in [3.8, 4) is 5.75 Å². The monoisotopic (exact) mass is 366 g/mol. The summed E-state index contributed by atoms with van der Waals surface area (Å²) < 4.78 is 5.12. The second kappa shape index (κ2) is 9.21. The molecule has 27 heavy (non-hydrogen) atoms. The number of benzene rings is 2. The van der Waals surface area contributed by atoms with Crippen molar-refractivity contribution in [1.29, 1.82) is 0 Å². The number of carbonyl (C=O) groups excluding carboxylic acids is 2. The third-order valence-corrected chi connectivity index (χ3v) is 4.87. The van der Waals surface area contributed by atoms with Gasteiger partial charge in [-0.3, -0.25) is 9.59 Å². The third kappa shape index (κ3) is 5.58. The number of carbonyl (C=O) groups is 2. The van der Waals surface area contributed by atoms with Gasteiger partial charge in [-0.25, -0.2) is 0 Å². The molecule has 1 fully saturated rings. The highest BCUT2D eigenvalue weighted by Gasteiger charge is 2.17. The van der Waals surface area contributed by atoms with Crippen LogP contribution in [0.3, 0.4) is 0 Å². The summed E-state index contributed by atoms with van der Waals surface area (Å²) in [4.78, 5) is 24.8. The molecule has 0 saturated heterocycles. The zero-order chi connectivity index (χ0) is 19.1. The van der Waals surface area contributed by atoms with Crippen molar-refractivity contribution in [3.63, 3.8) is 0 Å². The predicted molar refractivity (Wildman–Crippen MR) is 106 cm³/mol. The van der Waals surface area contributed by atoms with Crippen molar-refractivity contribution in [2.45, 2.75) is 44.6 Å². The van der Waals surface area contributed by atoms with Gasteiger partial charge in [0.25, 0.3) is 5.91 Å². The van der Waals surface area contributed by atoms with E-state index >= 15 is 0 Å². The lowest BCUT2D eigenvalue weighted by molar-refractivity contribution is -0.115. The lowest BCUT2D eigenvalue weighted by Crippen LogP contribution is -2.36. The Morgan fingerprint density at radius 1 is 1.04 bits per heavy atom. The molecular weight excluding hydrogens is 340 g/mol. The maximum atomic E-state index is 12.5. The molecule has 2 amide bonds. The van der Waals surface area contributed by atoms with Gasteiger partial charge in [0.15, 0.2) is 0 Å². The summed E-state index contributed by atoms with van der Waals surface area (Å²) in [6.45, 7) is 0. The van der Waals surface area contributed by atoms with E-state index in [1.165, 1.54) is 19.3 Å². The maximum Gasteiger partial charge on any atom is 0.251 e. The van der Waals surface area contributed by atoms with Gasteiger partial charge in [0.1, 0.15) is 5.75 Å². The number of hydrogen-bond donors (Lipinski definition) is 2. The van der Waals surface area contributed by atoms with Gasteiger partial charge in [-0.15, -0.1) is 0 Å². The van der Waals surface area contributed by atoms with E-state index < -0.39 is 0 Å². The van der Waals surface area contributed by atoms with Crippen molar-refractivity contribution in [1.82, 2.24) is 5.32 Å². The Kier molecular flexibility index (Phi) is 6.47. The van der Waals surface area contributed by atoms with Crippen molar-refractivity contribution in [2.75, 3.05) is 12.4 Å². The molecule has 5 heteroatoms. The molecule has 0 radical (unpaired) electrons. The summed E-state index contributed by atoms with van der Waals surface area (Å²) in [5, 5.41) is 5.97. The molecule has 1 saturated carbocycles. The Balaban J connectivity index is 1.57. The van der Waals surface area contributed by atoms with Crippen LogP contribution in [0.2, 0.25) is 0 Å². The van der Waals surface area contributed by atoms with Crippen LogP contribution in [-0.4, -0.2) is 25.0 Å². The van der Waals surface area contributed by atoms with Gasteiger partial charge < -0.3 is 15.4 Å². The SMILES string of the molecule is COc1ccc(CC(=O)Nc2cccc(C(=O)NC3CCCCC3)c2)cc1. The summed E-state index contributed by atoms with van der Waals surface area (Å²) in [6, 6.07) is 14.7. The Morgan fingerprint density at radius 2 is 1.78 bits per heavy atom. The van der Waals surface area contributed by atoms with E-state index in [0.29, 0.717) is 11.3 Å². The number of anilines is 1. The van der Waals surface area contributed by atoms with E-state index in [1.807, 2.05) is 24.3 Å². The van der Waals surface area contributed by atoms with Gasteiger partial charge in [0.2, 0.25) is 5.91 Å². The predicted octanol–water partition coefficient (Wildman–Crippen LogP) is 3.94. The molecule has 0 atom stereocenters. The van der Waals surface area contributed by atoms with Crippen LogP contribution >= 0.6 is 0 Å². The lowest BCUT2D eigenvalue weighted by Gasteiger charge is -2.22. The first-order valence-electron chi connectivity index (χ1n) is 9.48. The van der Waals surface area contributed by atoms with Crippen molar-refractivity contribution >= 4 is 17.5 Å². The summed E-state index contributed by atoms with van der Waals surface area (Å²) in [5.41, 5.74) is 2.10. The summed E-state index contributed by atoms with van der Waals surface area (Å²) >= 11 is 0. The van der Waals surface area contributed by atoms with E-state index in [9.17, 15) is 9.59 Å². The van der Waals surface area contributed by atoms with Gasteiger partial charge in [-0.2, -0.15) is 0 Å². The number of hydrogen-bond acceptors (Lipinski definition) is 3. The number of amides is 2. The summed E-state index contributed by atoms with van der Waals surface area (Å²) in [7, 11) is 1.61.